The van der Waals surface area contributed by atoms with Crippen LogP contribution in [0.25, 0.3) is 11.1 Å². The lowest BCUT2D eigenvalue weighted by atomic mass is 9.98. The molecule has 0 bridgehead atoms. The third kappa shape index (κ3) is 4.80. The van der Waals surface area contributed by atoms with E-state index in [0.717, 1.165) is 17.5 Å². The Morgan fingerprint density at radius 2 is 1.36 bits per heavy atom. The van der Waals surface area contributed by atoms with Crippen molar-refractivity contribution in [2.45, 2.75) is 26.8 Å². The molecule has 1 aliphatic heterocycles. The molecule has 0 spiro atoms. The average Bonchev–Trinajstić information content (AvgIpc) is 3.05. The summed E-state index contributed by atoms with van der Waals surface area (Å²) >= 11 is 0. The molecule has 168 valence electrons. The summed E-state index contributed by atoms with van der Waals surface area (Å²) in [4.78, 5) is 39.3. The summed E-state index contributed by atoms with van der Waals surface area (Å²) in [5.74, 6) is 0.278. The lowest BCUT2D eigenvalue weighted by Gasteiger charge is -2.18. The Hall–Kier alpha value is -3.93. The monoisotopic (exact) mass is 442 g/mol. The highest BCUT2D eigenvalue weighted by Crippen LogP contribution is 2.34. The number of para-hydroxylation sites is 1. The van der Waals surface area contributed by atoms with Gasteiger partial charge >= 0.3 is 6.09 Å². The van der Waals surface area contributed by atoms with Crippen LogP contribution in [0.2, 0.25) is 0 Å². The zero-order chi connectivity index (χ0) is 23.4. The van der Waals surface area contributed by atoms with E-state index in [1.807, 2.05) is 36.4 Å². The van der Waals surface area contributed by atoms with Gasteiger partial charge in [0.2, 0.25) is 0 Å². The number of carbonyl (C=O) groups is 3. The maximum Gasteiger partial charge on any atom is 0.412 e. The number of rotatable bonds is 7. The third-order valence-electron chi connectivity index (χ3n) is 5.59. The van der Waals surface area contributed by atoms with Gasteiger partial charge in [0.1, 0.15) is 5.75 Å². The normalized spacial score (nSPS) is 12.8. The summed E-state index contributed by atoms with van der Waals surface area (Å²) in [6.07, 6.45) is 0.348. The second kappa shape index (κ2) is 9.69. The number of fused-ring (bicyclic) bond motifs is 1. The Morgan fingerprint density at radius 1 is 0.818 bits per heavy atom. The van der Waals surface area contributed by atoms with E-state index in [1.54, 1.807) is 36.4 Å². The van der Waals surface area contributed by atoms with Crippen molar-refractivity contribution in [3.05, 3.63) is 89.5 Å². The average molecular weight is 443 g/mol. The van der Waals surface area contributed by atoms with Crippen LogP contribution in [0, 0.1) is 5.92 Å². The number of benzene rings is 3. The van der Waals surface area contributed by atoms with Crippen LogP contribution in [0.3, 0.4) is 0 Å². The molecule has 3 aromatic carbocycles. The molecule has 1 N–H and O–H groups in total. The van der Waals surface area contributed by atoms with Crippen molar-refractivity contribution in [1.29, 1.82) is 0 Å². The largest absolute Gasteiger partial charge is 0.412 e. The third-order valence-corrected chi connectivity index (χ3v) is 5.59. The Balaban J connectivity index is 1.58. The molecule has 33 heavy (non-hydrogen) atoms. The maximum absolute atomic E-state index is 12.8. The highest BCUT2D eigenvalue weighted by Gasteiger charge is 2.35. The highest BCUT2D eigenvalue weighted by molar-refractivity contribution is 6.21. The van der Waals surface area contributed by atoms with Crippen LogP contribution < -0.4 is 10.1 Å². The highest BCUT2D eigenvalue weighted by atomic mass is 16.6. The molecule has 0 saturated heterocycles. The maximum atomic E-state index is 12.8. The Bertz CT molecular complexity index is 1170. The number of hydrogen-bond donors (Lipinski definition) is 1. The van der Waals surface area contributed by atoms with E-state index in [1.165, 1.54) is 4.90 Å². The van der Waals surface area contributed by atoms with E-state index in [0.29, 0.717) is 34.9 Å². The first kappa shape index (κ1) is 22.3. The van der Waals surface area contributed by atoms with Gasteiger partial charge in [-0.15, -0.1) is 0 Å². The van der Waals surface area contributed by atoms with Gasteiger partial charge in [-0.1, -0.05) is 68.4 Å². The molecule has 6 heteroatoms. The van der Waals surface area contributed by atoms with Crippen molar-refractivity contribution in [1.82, 2.24) is 10.2 Å². The molecular formula is C27H26N2O4. The van der Waals surface area contributed by atoms with Crippen LogP contribution in [0.15, 0.2) is 72.8 Å². The zero-order valence-electron chi connectivity index (χ0n) is 18.7. The molecule has 0 aromatic heterocycles. The minimum Gasteiger partial charge on any atom is -0.410 e. The van der Waals surface area contributed by atoms with Crippen LogP contribution >= 0.6 is 0 Å². The minimum atomic E-state index is -0.513. The molecule has 0 saturated carbocycles. The number of imide groups is 1. The quantitative estimate of drug-likeness (QED) is 0.505. The predicted molar refractivity (Wildman–Crippen MR) is 126 cm³/mol. The van der Waals surface area contributed by atoms with Crippen LogP contribution in [-0.4, -0.2) is 29.4 Å². The van der Waals surface area contributed by atoms with Crippen molar-refractivity contribution in [3.63, 3.8) is 0 Å². The van der Waals surface area contributed by atoms with Crippen LogP contribution in [0.4, 0.5) is 4.79 Å². The SMILES string of the molecule is CC(C)CCNC(=O)Oc1ccccc1-c1ccccc1CN1C(=O)c2ccccc2C1=O. The summed E-state index contributed by atoms with van der Waals surface area (Å²) < 4.78 is 5.60. The van der Waals surface area contributed by atoms with Gasteiger partial charge in [0.25, 0.3) is 11.8 Å². The standard InChI is InChI=1S/C27H26N2O4/c1-18(2)15-16-28-27(32)33-24-14-8-7-11-21(24)20-10-4-3-9-19(20)17-29-25(30)22-12-5-6-13-23(22)26(29)31/h3-14,18H,15-17H2,1-2H3,(H,28,32). The van der Waals surface area contributed by atoms with Crippen molar-refractivity contribution in [2.75, 3.05) is 6.54 Å². The molecule has 0 aliphatic carbocycles. The van der Waals surface area contributed by atoms with Gasteiger partial charge in [0, 0.05) is 12.1 Å². The summed E-state index contributed by atoms with van der Waals surface area (Å²) in [7, 11) is 0. The summed E-state index contributed by atoms with van der Waals surface area (Å²) in [5.41, 5.74) is 3.12. The molecule has 3 amide bonds. The Labute approximate surface area is 193 Å². The molecular weight excluding hydrogens is 416 g/mol. The molecule has 0 unspecified atom stereocenters. The van der Waals surface area contributed by atoms with Crippen LogP contribution in [0.1, 0.15) is 46.5 Å². The minimum absolute atomic E-state index is 0.122. The van der Waals surface area contributed by atoms with Gasteiger partial charge in [-0.2, -0.15) is 0 Å². The van der Waals surface area contributed by atoms with E-state index in [9.17, 15) is 14.4 Å². The molecule has 1 heterocycles. The molecule has 1 aliphatic rings. The number of hydrogen-bond acceptors (Lipinski definition) is 4. The lowest BCUT2D eigenvalue weighted by Crippen LogP contribution is -2.29. The second-order valence-electron chi connectivity index (χ2n) is 8.39. The van der Waals surface area contributed by atoms with E-state index < -0.39 is 6.09 Å². The number of nitrogens with one attached hydrogen (secondary N) is 1. The lowest BCUT2D eigenvalue weighted by molar-refractivity contribution is 0.0642. The van der Waals surface area contributed by atoms with Gasteiger partial charge in [-0.05, 0) is 41.7 Å². The number of amides is 3. The van der Waals surface area contributed by atoms with Crippen molar-refractivity contribution < 1.29 is 19.1 Å². The summed E-state index contributed by atoms with van der Waals surface area (Å²) in [6.45, 7) is 4.84. The molecule has 0 atom stereocenters. The molecule has 0 radical (unpaired) electrons. The Morgan fingerprint density at radius 3 is 2.00 bits per heavy atom. The zero-order valence-corrected chi connectivity index (χ0v) is 18.7. The van der Waals surface area contributed by atoms with E-state index in [-0.39, 0.29) is 18.4 Å². The molecule has 3 aromatic rings. The topological polar surface area (TPSA) is 75.7 Å². The first-order valence-electron chi connectivity index (χ1n) is 11.0. The van der Waals surface area contributed by atoms with Crippen molar-refractivity contribution in [3.8, 4) is 16.9 Å². The first-order chi connectivity index (χ1) is 16.0. The van der Waals surface area contributed by atoms with Crippen LogP contribution in [0.5, 0.6) is 5.75 Å². The fourth-order valence-electron chi connectivity index (χ4n) is 3.85. The van der Waals surface area contributed by atoms with Crippen LogP contribution in [-0.2, 0) is 6.54 Å². The van der Waals surface area contributed by atoms with Crippen molar-refractivity contribution >= 4 is 17.9 Å². The summed E-state index contributed by atoms with van der Waals surface area (Å²) in [6, 6.07) is 21.6. The molecule has 6 nitrogen and oxygen atoms in total. The molecule has 0 fully saturated rings. The van der Waals surface area contributed by atoms with Gasteiger partial charge in [0.15, 0.2) is 0 Å². The predicted octanol–water partition coefficient (Wildman–Crippen LogP) is 5.28. The van der Waals surface area contributed by atoms with Gasteiger partial charge in [0.05, 0.1) is 17.7 Å². The van der Waals surface area contributed by atoms with E-state index in [2.05, 4.69) is 19.2 Å². The van der Waals surface area contributed by atoms with E-state index >= 15 is 0 Å². The summed E-state index contributed by atoms with van der Waals surface area (Å²) in [5, 5.41) is 2.78. The van der Waals surface area contributed by atoms with Gasteiger partial charge in [-0.25, -0.2) is 4.79 Å². The van der Waals surface area contributed by atoms with Gasteiger partial charge in [-0.3, -0.25) is 14.5 Å². The Kier molecular flexibility index (Phi) is 6.54. The number of carbonyl (C=O) groups excluding carboxylic acids is 3. The van der Waals surface area contributed by atoms with E-state index in [4.69, 9.17) is 4.74 Å². The smallest absolute Gasteiger partial charge is 0.410 e. The fraction of sp³-hybridized carbons (Fsp3) is 0.222. The first-order valence-corrected chi connectivity index (χ1v) is 11.0. The number of nitrogens with zero attached hydrogens (tertiary/aromatic N) is 1. The molecule has 4 rings (SSSR count). The fourth-order valence-corrected chi connectivity index (χ4v) is 3.85. The van der Waals surface area contributed by atoms with Gasteiger partial charge < -0.3 is 10.1 Å². The number of ether oxygens (including phenoxy) is 1. The van der Waals surface area contributed by atoms with Crippen molar-refractivity contribution in [2.24, 2.45) is 5.92 Å². The second-order valence-corrected chi connectivity index (χ2v) is 8.39.